The van der Waals surface area contributed by atoms with E-state index in [-0.39, 0.29) is 17.6 Å². The molecule has 0 radical (unpaired) electrons. The first kappa shape index (κ1) is 15.9. The third-order valence-electron chi connectivity index (χ3n) is 3.95. The maximum Gasteiger partial charge on any atom is 0.231 e. The van der Waals surface area contributed by atoms with Crippen LogP contribution in [0.15, 0.2) is 41.0 Å². The number of anilines is 1. The Morgan fingerprint density at radius 1 is 1.39 bits per heavy atom. The Morgan fingerprint density at radius 3 is 2.91 bits per heavy atom. The highest BCUT2D eigenvalue weighted by molar-refractivity contribution is 9.10. The van der Waals surface area contributed by atoms with Crippen LogP contribution in [0.1, 0.15) is 12.0 Å². The van der Waals surface area contributed by atoms with Gasteiger partial charge in [-0.3, -0.25) is 9.69 Å². The molecule has 2 heterocycles. The van der Waals surface area contributed by atoms with E-state index in [4.69, 9.17) is 4.74 Å². The average Bonchev–Trinajstić information content (AvgIpc) is 2.88. The molecular formula is C17H16BrFN2O2. The third kappa shape index (κ3) is 3.52. The summed E-state index contributed by atoms with van der Waals surface area (Å²) in [5, 5.41) is 0. The first-order valence-electron chi connectivity index (χ1n) is 7.33. The first-order chi connectivity index (χ1) is 11.1. The van der Waals surface area contributed by atoms with Crippen molar-refractivity contribution < 1.29 is 13.9 Å². The van der Waals surface area contributed by atoms with Gasteiger partial charge in [0.2, 0.25) is 5.91 Å². The Labute approximate surface area is 142 Å². The molecular weight excluding hydrogens is 363 g/mol. The molecule has 0 spiro atoms. The Kier molecular flexibility index (Phi) is 4.61. The normalized spacial score (nSPS) is 17.6. The summed E-state index contributed by atoms with van der Waals surface area (Å²) in [6, 6.07) is 8.24. The SMILES string of the molecule is COc1cc(F)cc(CC2CCN(c3ccc(Br)cn3)C2=O)c1. The smallest absolute Gasteiger partial charge is 0.231 e. The average molecular weight is 379 g/mol. The van der Waals surface area contributed by atoms with Gasteiger partial charge < -0.3 is 4.74 Å². The molecule has 1 saturated heterocycles. The van der Waals surface area contributed by atoms with Crippen LogP contribution in [-0.2, 0) is 11.2 Å². The Bertz CT molecular complexity index is 721. The number of aromatic nitrogens is 1. The molecule has 1 aliphatic rings. The quantitative estimate of drug-likeness (QED) is 0.816. The van der Waals surface area contributed by atoms with Crippen molar-refractivity contribution in [3.63, 3.8) is 0 Å². The number of hydrogen-bond donors (Lipinski definition) is 0. The number of nitrogens with zero attached hydrogens (tertiary/aromatic N) is 2. The Morgan fingerprint density at radius 2 is 2.22 bits per heavy atom. The molecule has 0 bridgehead atoms. The van der Waals surface area contributed by atoms with E-state index >= 15 is 0 Å². The molecule has 23 heavy (non-hydrogen) atoms. The van der Waals surface area contributed by atoms with E-state index in [1.54, 1.807) is 17.2 Å². The number of amides is 1. The Balaban J connectivity index is 1.74. The van der Waals surface area contributed by atoms with Crippen molar-refractivity contribution in [1.29, 1.82) is 0 Å². The van der Waals surface area contributed by atoms with Gasteiger partial charge in [-0.05, 0) is 58.6 Å². The second-order valence-electron chi connectivity index (χ2n) is 5.51. The molecule has 1 aliphatic heterocycles. The fourth-order valence-corrected chi connectivity index (χ4v) is 3.06. The first-order valence-corrected chi connectivity index (χ1v) is 8.12. The number of carbonyl (C=O) groups is 1. The van der Waals surface area contributed by atoms with Crippen molar-refractivity contribution >= 4 is 27.7 Å². The van der Waals surface area contributed by atoms with Crippen LogP contribution in [0.4, 0.5) is 10.2 Å². The van der Waals surface area contributed by atoms with Gasteiger partial charge in [0, 0.05) is 29.2 Å². The largest absolute Gasteiger partial charge is 0.497 e. The third-order valence-corrected chi connectivity index (χ3v) is 4.42. The highest BCUT2D eigenvalue weighted by Gasteiger charge is 2.33. The lowest BCUT2D eigenvalue weighted by Gasteiger charge is -2.16. The molecule has 4 nitrogen and oxygen atoms in total. The summed E-state index contributed by atoms with van der Waals surface area (Å²) in [4.78, 5) is 18.5. The number of pyridine rings is 1. The highest BCUT2D eigenvalue weighted by Crippen LogP contribution is 2.28. The number of benzene rings is 1. The predicted octanol–water partition coefficient (Wildman–Crippen LogP) is 3.59. The van der Waals surface area contributed by atoms with Crippen molar-refractivity contribution in [2.24, 2.45) is 5.92 Å². The van der Waals surface area contributed by atoms with Crippen molar-refractivity contribution in [1.82, 2.24) is 4.98 Å². The molecule has 1 amide bonds. The number of halogens is 2. The van der Waals surface area contributed by atoms with E-state index in [1.807, 2.05) is 12.1 Å². The Hall–Kier alpha value is -1.95. The van der Waals surface area contributed by atoms with Gasteiger partial charge in [-0.1, -0.05) is 0 Å². The predicted molar refractivity (Wildman–Crippen MR) is 89.1 cm³/mol. The van der Waals surface area contributed by atoms with Gasteiger partial charge in [0.1, 0.15) is 17.4 Å². The summed E-state index contributed by atoms with van der Waals surface area (Å²) >= 11 is 3.33. The fraction of sp³-hybridized carbons (Fsp3) is 0.294. The van der Waals surface area contributed by atoms with E-state index in [0.717, 1.165) is 16.5 Å². The number of rotatable bonds is 4. The molecule has 6 heteroatoms. The maximum absolute atomic E-state index is 13.6. The van der Waals surface area contributed by atoms with Crippen LogP contribution >= 0.6 is 15.9 Å². The van der Waals surface area contributed by atoms with Crippen LogP contribution in [0, 0.1) is 11.7 Å². The summed E-state index contributed by atoms with van der Waals surface area (Å²) in [5.41, 5.74) is 0.769. The van der Waals surface area contributed by atoms with Crippen LogP contribution in [-0.4, -0.2) is 24.5 Å². The minimum atomic E-state index is -0.351. The lowest BCUT2D eigenvalue weighted by Crippen LogP contribution is -2.28. The molecule has 0 aliphatic carbocycles. The second kappa shape index (κ2) is 6.66. The van der Waals surface area contributed by atoms with Gasteiger partial charge in [0.15, 0.2) is 0 Å². The second-order valence-corrected chi connectivity index (χ2v) is 6.43. The van der Waals surface area contributed by atoms with Crippen LogP contribution in [0.25, 0.3) is 0 Å². The maximum atomic E-state index is 13.6. The highest BCUT2D eigenvalue weighted by atomic mass is 79.9. The number of ether oxygens (including phenoxy) is 1. The number of methoxy groups -OCH3 is 1. The number of carbonyl (C=O) groups excluding carboxylic acids is 1. The van der Waals surface area contributed by atoms with Gasteiger partial charge in [-0.2, -0.15) is 0 Å². The molecule has 3 rings (SSSR count). The van der Waals surface area contributed by atoms with Crippen molar-refractivity contribution in [3.8, 4) is 5.75 Å². The molecule has 1 aromatic carbocycles. The molecule has 1 aromatic heterocycles. The zero-order valence-electron chi connectivity index (χ0n) is 12.6. The van der Waals surface area contributed by atoms with Crippen molar-refractivity contribution in [2.45, 2.75) is 12.8 Å². The summed E-state index contributed by atoms with van der Waals surface area (Å²) in [5.74, 6) is 0.639. The van der Waals surface area contributed by atoms with Crippen molar-refractivity contribution in [2.75, 3.05) is 18.6 Å². The van der Waals surface area contributed by atoms with Gasteiger partial charge >= 0.3 is 0 Å². The van der Waals surface area contributed by atoms with E-state index in [0.29, 0.717) is 24.5 Å². The van der Waals surface area contributed by atoms with Gasteiger partial charge in [-0.25, -0.2) is 9.37 Å². The fourth-order valence-electron chi connectivity index (χ4n) is 2.82. The lowest BCUT2D eigenvalue weighted by molar-refractivity contribution is -0.120. The van der Waals surface area contributed by atoms with E-state index in [2.05, 4.69) is 20.9 Å². The van der Waals surface area contributed by atoms with Gasteiger partial charge in [0.25, 0.3) is 0 Å². The molecule has 0 N–H and O–H groups in total. The molecule has 1 atom stereocenters. The molecule has 120 valence electrons. The summed E-state index contributed by atoms with van der Waals surface area (Å²) in [7, 11) is 1.50. The van der Waals surface area contributed by atoms with E-state index in [1.165, 1.54) is 19.2 Å². The van der Waals surface area contributed by atoms with E-state index < -0.39 is 0 Å². The summed E-state index contributed by atoms with van der Waals surface area (Å²) < 4.78 is 19.5. The standard InChI is InChI=1S/C17H16BrFN2O2/c1-23-15-8-11(7-14(19)9-15)6-12-4-5-21(17(12)22)16-3-2-13(18)10-20-16/h2-3,7-10,12H,4-6H2,1H3. The number of hydrogen-bond acceptors (Lipinski definition) is 3. The monoisotopic (exact) mass is 378 g/mol. The lowest BCUT2D eigenvalue weighted by atomic mass is 9.98. The van der Waals surface area contributed by atoms with Crippen LogP contribution < -0.4 is 9.64 Å². The molecule has 0 saturated carbocycles. The molecule has 1 unspecified atom stereocenters. The van der Waals surface area contributed by atoms with Gasteiger partial charge in [-0.15, -0.1) is 0 Å². The van der Waals surface area contributed by atoms with Crippen molar-refractivity contribution in [3.05, 3.63) is 52.4 Å². The summed E-state index contributed by atoms with van der Waals surface area (Å²) in [6.07, 6.45) is 2.91. The van der Waals surface area contributed by atoms with Crippen LogP contribution in [0.2, 0.25) is 0 Å². The van der Waals surface area contributed by atoms with Crippen LogP contribution in [0.5, 0.6) is 5.75 Å². The minimum absolute atomic E-state index is 0.0306. The van der Waals surface area contributed by atoms with E-state index in [9.17, 15) is 9.18 Å². The topological polar surface area (TPSA) is 42.4 Å². The van der Waals surface area contributed by atoms with Gasteiger partial charge in [0.05, 0.1) is 7.11 Å². The molecule has 2 aromatic rings. The van der Waals surface area contributed by atoms with Crippen LogP contribution in [0.3, 0.4) is 0 Å². The zero-order chi connectivity index (χ0) is 16.4. The molecule has 1 fully saturated rings. The summed E-state index contributed by atoms with van der Waals surface area (Å²) in [6.45, 7) is 0.630. The minimum Gasteiger partial charge on any atom is -0.497 e. The zero-order valence-corrected chi connectivity index (χ0v) is 14.2.